The first-order valence-corrected chi connectivity index (χ1v) is 7.90. The summed E-state index contributed by atoms with van der Waals surface area (Å²) >= 11 is 11.2. The number of rotatable bonds is 4. The van der Waals surface area contributed by atoms with Crippen LogP contribution < -0.4 is 5.32 Å². The van der Waals surface area contributed by atoms with Gasteiger partial charge in [-0.3, -0.25) is 0 Å². The highest BCUT2D eigenvalue weighted by Gasteiger charge is 2.01. The second kappa shape index (κ2) is 6.50. The number of hydrogen-bond donors (Lipinski definition) is 1. The molecule has 0 saturated heterocycles. The van der Waals surface area contributed by atoms with Crippen LogP contribution in [-0.4, -0.2) is 6.26 Å². The van der Waals surface area contributed by atoms with Gasteiger partial charge in [0, 0.05) is 26.6 Å². The van der Waals surface area contributed by atoms with Crippen molar-refractivity contribution in [1.82, 2.24) is 0 Å². The van der Waals surface area contributed by atoms with Gasteiger partial charge < -0.3 is 5.32 Å². The zero-order chi connectivity index (χ0) is 13.0. The predicted octanol–water partition coefficient (Wildman–Crippen LogP) is 5.44. The molecule has 0 amide bonds. The van der Waals surface area contributed by atoms with Gasteiger partial charge in [0.25, 0.3) is 0 Å². The molecule has 0 unspecified atom stereocenters. The third-order valence-corrected chi connectivity index (χ3v) is 4.30. The maximum Gasteiger partial charge on any atom is 0.0417 e. The summed E-state index contributed by atoms with van der Waals surface area (Å²) in [5.41, 5.74) is 2.31. The molecule has 2 aromatic carbocycles. The summed E-state index contributed by atoms with van der Waals surface area (Å²) < 4.78 is 1.03. The molecule has 0 aliphatic heterocycles. The monoisotopic (exact) mass is 341 g/mol. The first-order valence-electron chi connectivity index (χ1n) is 5.51. The Hall–Kier alpha value is -0.640. The van der Waals surface area contributed by atoms with Gasteiger partial charge in [0.05, 0.1) is 0 Å². The zero-order valence-corrected chi connectivity index (χ0v) is 13.1. The van der Waals surface area contributed by atoms with Crippen LogP contribution >= 0.6 is 39.3 Å². The van der Waals surface area contributed by atoms with Crippen molar-refractivity contribution in [3.63, 3.8) is 0 Å². The minimum atomic E-state index is 0.745. The van der Waals surface area contributed by atoms with Gasteiger partial charge >= 0.3 is 0 Å². The highest BCUT2D eigenvalue weighted by atomic mass is 79.9. The van der Waals surface area contributed by atoms with Crippen LogP contribution in [0.25, 0.3) is 0 Å². The van der Waals surface area contributed by atoms with Crippen molar-refractivity contribution >= 4 is 45.0 Å². The van der Waals surface area contributed by atoms with E-state index in [1.165, 1.54) is 10.5 Å². The Morgan fingerprint density at radius 1 is 1.17 bits per heavy atom. The molecule has 0 aliphatic rings. The summed E-state index contributed by atoms with van der Waals surface area (Å²) in [6, 6.07) is 14.3. The summed E-state index contributed by atoms with van der Waals surface area (Å²) in [6.45, 7) is 0.774. The molecule has 0 saturated carbocycles. The summed E-state index contributed by atoms with van der Waals surface area (Å²) in [6.07, 6.45) is 2.08. The van der Waals surface area contributed by atoms with Crippen LogP contribution in [0, 0.1) is 0 Å². The van der Waals surface area contributed by atoms with Gasteiger partial charge in [0.15, 0.2) is 0 Å². The van der Waals surface area contributed by atoms with Crippen LogP contribution in [0.2, 0.25) is 5.02 Å². The van der Waals surface area contributed by atoms with Crippen LogP contribution in [0.5, 0.6) is 0 Å². The SMILES string of the molecule is CSc1ccc(NCc2ccc(Cl)cc2Br)cc1. The standard InChI is InChI=1S/C14H13BrClNS/c1-18-13-6-4-12(5-7-13)17-9-10-2-3-11(16)8-14(10)15/h2-8,17H,9H2,1H3. The van der Waals surface area contributed by atoms with Gasteiger partial charge in [-0.15, -0.1) is 11.8 Å². The average molecular weight is 343 g/mol. The molecule has 0 aromatic heterocycles. The van der Waals surface area contributed by atoms with Crippen molar-refractivity contribution in [2.75, 3.05) is 11.6 Å². The second-order valence-corrected chi connectivity index (χ2v) is 5.99. The molecule has 4 heteroatoms. The third kappa shape index (κ3) is 3.67. The molecule has 0 spiro atoms. The molecule has 0 fully saturated rings. The molecule has 0 radical (unpaired) electrons. The lowest BCUT2D eigenvalue weighted by molar-refractivity contribution is 1.13. The largest absolute Gasteiger partial charge is 0.381 e. The van der Waals surface area contributed by atoms with Crippen molar-refractivity contribution in [2.45, 2.75) is 11.4 Å². The van der Waals surface area contributed by atoms with Crippen LogP contribution in [0.3, 0.4) is 0 Å². The molecule has 2 rings (SSSR count). The minimum Gasteiger partial charge on any atom is -0.381 e. The summed E-state index contributed by atoms with van der Waals surface area (Å²) in [7, 11) is 0. The van der Waals surface area contributed by atoms with E-state index in [0.29, 0.717) is 0 Å². The highest BCUT2D eigenvalue weighted by molar-refractivity contribution is 9.10. The van der Waals surface area contributed by atoms with Crippen molar-refractivity contribution in [3.8, 4) is 0 Å². The van der Waals surface area contributed by atoms with E-state index in [0.717, 1.165) is 21.7 Å². The van der Waals surface area contributed by atoms with Crippen molar-refractivity contribution in [3.05, 3.63) is 57.5 Å². The van der Waals surface area contributed by atoms with Crippen LogP contribution in [0.15, 0.2) is 51.8 Å². The number of anilines is 1. The lowest BCUT2D eigenvalue weighted by Crippen LogP contribution is -1.99. The van der Waals surface area contributed by atoms with Crippen molar-refractivity contribution < 1.29 is 0 Å². The molecular formula is C14H13BrClNS. The van der Waals surface area contributed by atoms with Crippen LogP contribution in [0.4, 0.5) is 5.69 Å². The van der Waals surface area contributed by atoms with E-state index in [4.69, 9.17) is 11.6 Å². The van der Waals surface area contributed by atoms with E-state index in [1.54, 1.807) is 11.8 Å². The zero-order valence-electron chi connectivity index (χ0n) is 9.91. The summed E-state index contributed by atoms with van der Waals surface area (Å²) in [5, 5.41) is 4.14. The highest BCUT2D eigenvalue weighted by Crippen LogP contribution is 2.23. The van der Waals surface area contributed by atoms with E-state index in [-0.39, 0.29) is 0 Å². The second-order valence-electron chi connectivity index (χ2n) is 3.82. The Balaban J connectivity index is 2.02. The quantitative estimate of drug-likeness (QED) is 0.743. The molecule has 0 heterocycles. The minimum absolute atomic E-state index is 0.745. The smallest absolute Gasteiger partial charge is 0.0417 e. The van der Waals surface area contributed by atoms with Crippen LogP contribution in [-0.2, 0) is 6.54 Å². The van der Waals surface area contributed by atoms with Gasteiger partial charge in [-0.2, -0.15) is 0 Å². The Morgan fingerprint density at radius 3 is 2.50 bits per heavy atom. The third-order valence-electron chi connectivity index (χ3n) is 2.59. The van der Waals surface area contributed by atoms with Gasteiger partial charge in [-0.05, 0) is 48.2 Å². The Morgan fingerprint density at radius 2 is 1.89 bits per heavy atom. The van der Waals surface area contributed by atoms with Crippen molar-refractivity contribution in [1.29, 1.82) is 0 Å². The Labute approximate surface area is 125 Å². The Bertz CT molecular complexity index is 528. The summed E-state index contributed by atoms with van der Waals surface area (Å²) in [5.74, 6) is 0. The lowest BCUT2D eigenvalue weighted by Gasteiger charge is -2.09. The molecule has 0 atom stereocenters. The maximum absolute atomic E-state index is 5.91. The first-order chi connectivity index (χ1) is 8.69. The molecule has 0 bridgehead atoms. The molecule has 1 nitrogen and oxygen atoms in total. The fraction of sp³-hybridized carbons (Fsp3) is 0.143. The molecule has 18 heavy (non-hydrogen) atoms. The maximum atomic E-state index is 5.91. The van der Waals surface area contributed by atoms with E-state index in [9.17, 15) is 0 Å². The van der Waals surface area contributed by atoms with E-state index >= 15 is 0 Å². The van der Waals surface area contributed by atoms with Crippen LogP contribution in [0.1, 0.15) is 5.56 Å². The number of hydrogen-bond acceptors (Lipinski definition) is 2. The lowest BCUT2D eigenvalue weighted by atomic mass is 10.2. The predicted molar refractivity (Wildman–Crippen MR) is 84.7 cm³/mol. The molecule has 0 aliphatic carbocycles. The first kappa shape index (κ1) is 13.8. The van der Waals surface area contributed by atoms with E-state index < -0.39 is 0 Å². The fourth-order valence-electron chi connectivity index (χ4n) is 1.57. The molecule has 94 valence electrons. The fourth-order valence-corrected chi connectivity index (χ4v) is 2.80. The van der Waals surface area contributed by atoms with Crippen molar-refractivity contribution in [2.24, 2.45) is 0 Å². The van der Waals surface area contributed by atoms with Gasteiger partial charge in [0.1, 0.15) is 0 Å². The van der Waals surface area contributed by atoms with Gasteiger partial charge in [-0.1, -0.05) is 33.6 Å². The average Bonchev–Trinajstić information content (AvgIpc) is 2.38. The summed E-state index contributed by atoms with van der Waals surface area (Å²) in [4.78, 5) is 1.27. The normalized spacial score (nSPS) is 10.4. The van der Waals surface area contributed by atoms with Gasteiger partial charge in [-0.25, -0.2) is 0 Å². The van der Waals surface area contributed by atoms with Gasteiger partial charge in [0.2, 0.25) is 0 Å². The topological polar surface area (TPSA) is 12.0 Å². The van der Waals surface area contributed by atoms with E-state index in [1.807, 2.05) is 18.2 Å². The Kier molecular flexibility index (Phi) is 4.98. The number of benzene rings is 2. The van der Waals surface area contributed by atoms with E-state index in [2.05, 4.69) is 51.8 Å². The molecular weight excluding hydrogens is 330 g/mol. The molecule has 2 aromatic rings. The molecule has 1 N–H and O–H groups in total. The number of nitrogens with one attached hydrogen (secondary N) is 1. The number of halogens is 2. The number of thioether (sulfide) groups is 1.